The Morgan fingerprint density at radius 2 is 2.19 bits per heavy atom. The van der Waals surface area contributed by atoms with Crippen molar-refractivity contribution in [3.63, 3.8) is 0 Å². The summed E-state index contributed by atoms with van der Waals surface area (Å²) in [6.07, 6.45) is 3.55. The van der Waals surface area contributed by atoms with Crippen LogP contribution in [0.3, 0.4) is 0 Å². The van der Waals surface area contributed by atoms with Gasteiger partial charge in [-0.05, 0) is 24.1 Å². The monoisotopic (exact) mass is 376 g/mol. The van der Waals surface area contributed by atoms with E-state index in [2.05, 4.69) is 34.4 Å². The van der Waals surface area contributed by atoms with E-state index in [0.717, 1.165) is 43.3 Å². The summed E-state index contributed by atoms with van der Waals surface area (Å²) < 4.78 is 20.9. The van der Waals surface area contributed by atoms with Gasteiger partial charge in [0.1, 0.15) is 12.2 Å². The first kappa shape index (κ1) is 20.7. The summed E-state index contributed by atoms with van der Waals surface area (Å²) in [4.78, 5) is 6.62. The smallest absolute Gasteiger partial charge is 0.194 e. The molecule has 0 spiro atoms. The highest BCUT2D eigenvalue weighted by Crippen LogP contribution is 2.18. The molecule has 0 radical (unpaired) electrons. The molecule has 1 aromatic carbocycles. The number of nitrogens with one attached hydrogen (secondary N) is 1. The van der Waals surface area contributed by atoms with E-state index in [1.807, 2.05) is 22.6 Å². The zero-order valence-corrected chi connectivity index (χ0v) is 16.6. The maximum atomic E-state index is 13.9. The van der Waals surface area contributed by atoms with Crippen molar-refractivity contribution < 1.29 is 9.13 Å². The molecular weight excluding hydrogens is 347 g/mol. The van der Waals surface area contributed by atoms with E-state index in [1.54, 1.807) is 12.4 Å². The number of hydrogen-bond acceptors (Lipinski definition) is 4. The van der Waals surface area contributed by atoms with Gasteiger partial charge < -0.3 is 19.5 Å². The SMILES string of the molecule is CCCN=C(NCCn1cnnc1CC)N(C)Cc1ccc(OC)c(F)c1. The van der Waals surface area contributed by atoms with Crippen molar-refractivity contribution in [3.8, 4) is 5.75 Å². The Labute approximate surface area is 160 Å². The second-order valence-electron chi connectivity index (χ2n) is 6.25. The van der Waals surface area contributed by atoms with E-state index in [0.29, 0.717) is 13.1 Å². The predicted octanol–water partition coefficient (Wildman–Crippen LogP) is 2.48. The molecule has 0 aliphatic rings. The van der Waals surface area contributed by atoms with Crippen LogP contribution >= 0.6 is 0 Å². The van der Waals surface area contributed by atoms with Crippen LogP contribution in [0.1, 0.15) is 31.7 Å². The van der Waals surface area contributed by atoms with Crippen LogP contribution in [0.4, 0.5) is 4.39 Å². The molecule has 0 atom stereocenters. The van der Waals surface area contributed by atoms with Gasteiger partial charge in [0, 0.05) is 39.6 Å². The molecule has 1 heterocycles. The Bertz CT molecular complexity index is 746. The molecule has 0 aliphatic heterocycles. The summed E-state index contributed by atoms with van der Waals surface area (Å²) in [5.41, 5.74) is 0.855. The summed E-state index contributed by atoms with van der Waals surface area (Å²) in [6, 6.07) is 5.01. The first-order valence-electron chi connectivity index (χ1n) is 9.27. The summed E-state index contributed by atoms with van der Waals surface area (Å²) >= 11 is 0. The van der Waals surface area contributed by atoms with E-state index in [9.17, 15) is 4.39 Å². The average molecular weight is 376 g/mol. The van der Waals surface area contributed by atoms with Crippen LogP contribution < -0.4 is 10.1 Å². The molecule has 0 unspecified atom stereocenters. The van der Waals surface area contributed by atoms with Gasteiger partial charge >= 0.3 is 0 Å². The fourth-order valence-electron chi connectivity index (χ4n) is 2.71. The molecule has 0 aliphatic carbocycles. The van der Waals surface area contributed by atoms with Crippen LogP contribution in [-0.4, -0.2) is 52.9 Å². The number of rotatable bonds is 9. The molecule has 0 bridgehead atoms. The number of aliphatic imine (C=N–C) groups is 1. The second kappa shape index (κ2) is 10.5. The molecule has 0 fully saturated rings. The molecule has 0 saturated carbocycles. The fraction of sp³-hybridized carbons (Fsp3) is 0.526. The highest BCUT2D eigenvalue weighted by Gasteiger charge is 2.10. The van der Waals surface area contributed by atoms with E-state index >= 15 is 0 Å². The lowest BCUT2D eigenvalue weighted by atomic mass is 10.2. The molecule has 2 aromatic rings. The molecule has 0 saturated heterocycles. The van der Waals surface area contributed by atoms with Crippen molar-refractivity contribution >= 4 is 5.96 Å². The maximum Gasteiger partial charge on any atom is 0.194 e. The Hall–Kier alpha value is -2.64. The first-order valence-corrected chi connectivity index (χ1v) is 9.27. The molecule has 1 N–H and O–H groups in total. The number of benzene rings is 1. The number of ether oxygens (including phenoxy) is 1. The zero-order chi connectivity index (χ0) is 19.6. The number of hydrogen-bond donors (Lipinski definition) is 1. The van der Waals surface area contributed by atoms with Crippen molar-refractivity contribution in [2.75, 3.05) is 27.2 Å². The lowest BCUT2D eigenvalue weighted by Gasteiger charge is -2.23. The molecule has 2 rings (SSSR count). The van der Waals surface area contributed by atoms with Crippen LogP contribution in [0.5, 0.6) is 5.75 Å². The van der Waals surface area contributed by atoms with Gasteiger partial charge in [-0.1, -0.05) is 19.9 Å². The molecule has 0 amide bonds. The Balaban J connectivity index is 1.98. The van der Waals surface area contributed by atoms with E-state index < -0.39 is 0 Å². The van der Waals surface area contributed by atoms with Crippen molar-refractivity contribution in [1.82, 2.24) is 25.0 Å². The normalized spacial score (nSPS) is 11.5. The summed E-state index contributed by atoms with van der Waals surface area (Å²) in [5, 5.41) is 11.4. The summed E-state index contributed by atoms with van der Waals surface area (Å²) in [5.74, 6) is 1.65. The van der Waals surface area contributed by atoms with Crippen molar-refractivity contribution in [3.05, 3.63) is 41.7 Å². The van der Waals surface area contributed by atoms with Gasteiger partial charge in [-0.15, -0.1) is 10.2 Å². The second-order valence-corrected chi connectivity index (χ2v) is 6.25. The van der Waals surface area contributed by atoms with E-state index in [-0.39, 0.29) is 11.6 Å². The molecule has 1 aromatic heterocycles. The van der Waals surface area contributed by atoms with Gasteiger partial charge in [0.15, 0.2) is 17.5 Å². The first-order chi connectivity index (χ1) is 13.1. The highest BCUT2D eigenvalue weighted by molar-refractivity contribution is 5.79. The Kier molecular flexibility index (Phi) is 8.03. The van der Waals surface area contributed by atoms with Crippen molar-refractivity contribution in [2.45, 2.75) is 39.8 Å². The molecule has 148 valence electrons. The zero-order valence-electron chi connectivity index (χ0n) is 16.6. The van der Waals surface area contributed by atoms with Crippen molar-refractivity contribution in [1.29, 1.82) is 0 Å². The number of nitrogens with zero attached hydrogens (tertiary/aromatic N) is 5. The van der Waals surface area contributed by atoms with Crippen LogP contribution in [0.2, 0.25) is 0 Å². The summed E-state index contributed by atoms with van der Waals surface area (Å²) in [7, 11) is 3.41. The third-order valence-corrected chi connectivity index (χ3v) is 4.13. The number of aryl methyl sites for hydroxylation is 1. The molecular formula is C19H29FN6O. The van der Waals surface area contributed by atoms with Gasteiger partial charge in [-0.2, -0.15) is 0 Å². The number of aromatic nitrogens is 3. The van der Waals surface area contributed by atoms with E-state index in [1.165, 1.54) is 13.2 Å². The molecule has 27 heavy (non-hydrogen) atoms. The van der Waals surface area contributed by atoms with Crippen LogP contribution in [-0.2, 0) is 19.5 Å². The topological polar surface area (TPSA) is 67.6 Å². The lowest BCUT2D eigenvalue weighted by molar-refractivity contribution is 0.385. The highest BCUT2D eigenvalue weighted by atomic mass is 19.1. The number of methoxy groups -OCH3 is 1. The van der Waals surface area contributed by atoms with Gasteiger partial charge in [0.05, 0.1) is 7.11 Å². The van der Waals surface area contributed by atoms with Crippen LogP contribution in [0.15, 0.2) is 29.5 Å². The average Bonchev–Trinajstić information content (AvgIpc) is 3.12. The Morgan fingerprint density at radius 3 is 2.85 bits per heavy atom. The molecule has 8 heteroatoms. The van der Waals surface area contributed by atoms with Gasteiger partial charge in [-0.25, -0.2) is 4.39 Å². The third-order valence-electron chi connectivity index (χ3n) is 4.13. The largest absolute Gasteiger partial charge is 0.494 e. The van der Waals surface area contributed by atoms with Crippen molar-refractivity contribution in [2.24, 2.45) is 4.99 Å². The van der Waals surface area contributed by atoms with Gasteiger partial charge in [0.2, 0.25) is 0 Å². The van der Waals surface area contributed by atoms with Gasteiger partial charge in [0.25, 0.3) is 0 Å². The van der Waals surface area contributed by atoms with E-state index in [4.69, 9.17) is 4.74 Å². The van der Waals surface area contributed by atoms with Crippen LogP contribution in [0.25, 0.3) is 0 Å². The minimum atomic E-state index is -0.358. The fourth-order valence-corrected chi connectivity index (χ4v) is 2.71. The molecule has 7 nitrogen and oxygen atoms in total. The maximum absolute atomic E-state index is 13.9. The standard InChI is InChI=1S/C19H29FN6O/c1-5-9-21-19(22-10-11-26-14-23-24-18(26)6-2)25(3)13-15-7-8-17(27-4)16(20)12-15/h7-8,12,14H,5-6,9-11,13H2,1-4H3,(H,21,22). The third kappa shape index (κ3) is 5.94. The number of guanidine groups is 1. The van der Waals surface area contributed by atoms with Crippen LogP contribution in [0, 0.1) is 5.82 Å². The lowest BCUT2D eigenvalue weighted by Crippen LogP contribution is -2.40. The number of halogens is 1. The predicted molar refractivity (Wildman–Crippen MR) is 104 cm³/mol. The minimum Gasteiger partial charge on any atom is -0.494 e. The summed E-state index contributed by atoms with van der Waals surface area (Å²) in [6.45, 7) is 6.88. The Morgan fingerprint density at radius 1 is 1.37 bits per heavy atom. The van der Waals surface area contributed by atoms with Gasteiger partial charge in [-0.3, -0.25) is 4.99 Å². The quantitative estimate of drug-likeness (QED) is 0.538. The minimum absolute atomic E-state index is 0.250.